The summed E-state index contributed by atoms with van der Waals surface area (Å²) in [6.45, 7) is 5.41. The van der Waals surface area contributed by atoms with Crippen LogP contribution in [0.3, 0.4) is 0 Å². The Morgan fingerprint density at radius 2 is 1.10 bits per heavy atom. The van der Waals surface area contributed by atoms with Crippen LogP contribution < -0.4 is 0 Å². The molecule has 1 aliphatic rings. The minimum Gasteiger partial charge on any atom is -0.297 e. The SMILES string of the molecule is C(=Cc1ccccc1)CN1CCN(C(c2ccccc2)c2ccccc2)CC1.Cl.Cl. The second-order valence-electron chi connectivity index (χ2n) is 7.37. The Balaban J connectivity index is 0.00000160. The Hall–Kier alpha value is -2.10. The fourth-order valence-corrected chi connectivity index (χ4v) is 3.99. The number of hydrogen-bond acceptors (Lipinski definition) is 2. The molecule has 30 heavy (non-hydrogen) atoms. The van der Waals surface area contributed by atoms with Gasteiger partial charge in [-0.2, -0.15) is 0 Å². The van der Waals surface area contributed by atoms with Crippen LogP contribution in [0.15, 0.2) is 97.1 Å². The highest BCUT2D eigenvalue weighted by atomic mass is 35.5. The molecule has 0 bridgehead atoms. The van der Waals surface area contributed by atoms with E-state index < -0.39 is 0 Å². The minimum absolute atomic E-state index is 0. The Morgan fingerprint density at radius 1 is 0.633 bits per heavy atom. The zero-order valence-corrected chi connectivity index (χ0v) is 18.8. The van der Waals surface area contributed by atoms with Crippen LogP contribution in [0.4, 0.5) is 0 Å². The standard InChI is InChI=1S/C26H28N2.2ClH/c1-4-11-23(12-5-1)13-10-18-27-19-21-28(22-20-27)26(24-14-6-2-7-15-24)25-16-8-3-9-17-25;;/h1-17,26H,18-22H2;2*1H. The predicted molar refractivity (Wildman–Crippen MR) is 133 cm³/mol. The molecule has 1 aliphatic heterocycles. The lowest BCUT2D eigenvalue weighted by Crippen LogP contribution is -2.47. The third kappa shape index (κ3) is 6.45. The lowest BCUT2D eigenvalue weighted by molar-refractivity contribution is 0.118. The molecule has 2 nitrogen and oxygen atoms in total. The van der Waals surface area contributed by atoms with Crippen LogP contribution in [-0.2, 0) is 0 Å². The van der Waals surface area contributed by atoms with Crippen LogP contribution in [-0.4, -0.2) is 42.5 Å². The first-order valence-electron chi connectivity index (χ1n) is 10.2. The summed E-state index contributed by atoms with van der Waals surface area (Å²) in [5.41, 5.74) is 4.03. The summed E-state index contributed by atoms with van der Waals surface area (Å²) < 4.78 is 0. The van der Waals surface area contributed by atoms with Crippen LogP contribution >= 0.6 is 24.8 Å². The van der Waals surface area contributed by atoms with Crippen molar-refractivity contribution in [3.05, 3.63) is 114 Å². The second kappa shape index (κ2) is 12.6. The third-order valence-corrected chi connectivity index (χ3v) is 5.48. The first-order valence-corrected chi connectivity index (χ1v) is 10.2. The van der Waals surface area contributed by atoms with Crippen LogP contribution in [0.25, 0.3) is 6.08 Å². The summed E-state index contributed by atoms with van der Waals surface area (Å²) >= 11 is 0. The van der Waals surface area contributed by atoms with Gasteiger partial charge in [0.2, 0.25) is 0 Å². The van der Waals surface area contributed by atoms with E-state index in [1.165, 1.54) is 16.7 Å². The van der Waals surface area contributed by atoms with Gasteiger partial charge in [0.15, 0.2) is 0 Å². The minimum atomic E-state index is 0. The van der Waals surface area contributed by atoms with Crippen molar-refractivity contribution in [2.45, 2.75) is 6.04 Å². The summed E-state index contributed by atoms with van der Waals surface area (Å²) in [4.78, 5) is 5.17. The summed E-state index contributed by atoms with van der Waals surface area (Å²) in [7, 11) is 0. The third-order valence-electron chi connectivity index (χ3n) is 5.48. The molecule has 0 atom stereocenters. The van der Waals surface area contributed by atoms with Crippen molar-refractivity contribution in [3.63, 3.8) is 0 Å². The molecular formula is C26H30Cl2N2. The number of piperazine rings is 1. The van der Waals surface area contributed by atoms with Gasteiger partial charge in [-0.1, -0.05) is 103 Å². The number of rotatable bonds is 6. The molecule has 0 spiro atoms. The molecule has 0 aromatic heterocycles. The Kier molecular flexibility index (Phi) is 10.1. The van der Waals surface area contributed by atoms with E-state index in [1.54, 1.807) is 0 Å². The molecule has 1 saturated heterocycles. The molecule has 0 aliphatic carbocycles. The largest absolute Gasteiger partial charge is 0.297 e. The molecule has 3 aromatic carbocycles. The molecule has 4 heteroatoms. The Bertz CT molecular complexity index is 822. The molecule has 158 valence electrons. The molecule has 0 N–H and O–H groups in total. The van der Waals surface area contributed by atoms with Crippen LogP contribution in [0.5, 0.6) is 0 Å². The average Bonchev–Trinajstić information content (AvgIpc) is 2.77. The zero-order chi connectivity index (χ0) is 19.0. The molecule has 1 fully saturated rings. The van der Waals surface area contributed by atoms with E-state index in [9.17, 15) is 0 Å². The van der Waals surface area contributed by atoms with E-state index in [4.69, 9.17) is 0 Å². The maximum atomic E-state index is 2.63. The lowest BCUT2D eigenvalue weighted by Gasteiger charge is -2.39. The van der Waals surface area contributed by atoms with Crippen molar-refractivity contribution in [2.24, 2.45) is 0 Å². The number of hydrogen-bond donors (Lipinski definition) is 0. The summed E-state index contributed by atoms with van der Waals surface area (Å²) in [5.74, 6) is 0. The van der Waals surface area contributed by atoms with E-state index in [1.807, 2.05) is 0 Å². The molecule has 0 saturated carbocycles. The van der Waals surface area contributed by atoms with Gasteiger partial charge in [0.25, 0.3) is 0 Å². The normalized spacial score (nSPS) is 15.0. The molecule has 4 rings (SSSR count). The Morgan fingerprint density at radius 3 is 1.60 bits per heavy atom. The predicted octanol–water partition coefficient (Wildman–Crippen LogP) is 5.95. The summed E-state index contributed by atoms with van der Waals surface area (Å²) in [6, 6.07) is 32.7. The number of benzene rings is 3. The zero-order valence-electron chi connectivity index (χ0n) is 17.1. The smallest absolute Gasteiger partial charge is 0.0602 e. The number of nitrogens with zero attached hydrogens (tertiary/aromatic N) is 2. The van der Waals surface area contributed by atoms with E-state index in [-0.39, 0.29) is 24.8 Å². The maximum Gasteiger partial charge on any atom is 0.0602 e. The molecule has 3 aromatic rings. The van der Waals surface area contributed by atoms with Crippen molar-refractivity contribution in [1.82, 2.24) is 9.80 Å². The molecule has 0 radical (unpaired) electrons. The van der Waals surface area contributed by atoms with Gasteiger partial charge >= 0.3 is 0 Å². The van der Waals surface area contributed by atoms with Crippen molar-refractivity contribution in [1.29, 1.82) is 0 Å². The van der Waals surface area contributed by atoms with E-state index >= 15 is 0 Å². The van der Waals surface area contributed by atoms with Gasteiger partial charge in [0.1, 0.15) is 0 Å². The van der Waals surface area contributed by atoms with E-state index in [0.29, 0.717) is 6.04 Å². The van der Waals surface area contributed by atoms with Crippen molar-refractivity contribution < 1.29 is 0 Å². The lowest BCUT2D eigenvalue weighted by atomic mass is 9.96. The fourth-order valence-electron chi connectivity index (χ4n) is 3.99. The average molecular weight is 441 g/mol. The van der Waals surface area contributed by atoms with Crippen molar-refractivity contribution >= 4 is 30.9 Å². The van der Waals surface area contributed by atoms with Crippen LogP contribution in [0, 0.1) is 0 Å². The summed E-state index contributed by atoms with van der Waals surface area (Å²) in [5, 5.41) is 0. The van der Waals surface area contributed by atoms with Gasteiger partial charge in [0, 0.05) is 32.7 Å². The van der Waals surface area contributed by atoms with Gasteiger partial charge in [-0.15, -0.1) is 24.8 Å². The first-order chi connectivity index (χ1) is 13.9. The van der Waals surface area contributed by atoms with Crippen LogP contribution in [0.1, 0.15) is 22.7 Å². The molecule has 1 heterocycles. The van der Waals surface area contributed by atoms with E-state index in [2.05, 4.69) is 113 Å². The van der Waals surface area contributed by atoms with Gasteiger partial charge < -0.3 is 0 Å². The van der Waals surface area contributed by atoms with Crippen molar-refractivity contribution in [2.75, 3.05) is 32.7 Å². The van der Waals surface area contributed by atoms with Gasteiger partial charge in [-0.3, -0.25) is 9.80 Å². The Labute approximate surface area is 193 Å². The van der Waals surface area contributed by atoms with Crippen molar-refractivity contribution in [3.8, 4) is 0 Å². The monoisotopic (exact) mass is 440 g/mol. The maximum absolute atomic E-state index is 2.63. The highest BCUT2D eigenvalue weighted by Crippen LogP contribution is 2.29. The van der Waals surface area contributed by atoms with E-state index in [0.717, 1.165) is 32.7 Å². The van der Waals surface area contributed by atoms with Gasteiger partial charge in [-0.25, -0.2) is 0 Å². The topological polar surface area (TPSA) is 6.48 Å². The molecule has 0 unspecified atom stereocenters. The fraction of sp³-hybridized carbons (Fsp3) is 0.231. The number of halogens is 2. The van der Waals surface area contributed by atoms with Gasteiger partial charge in [0.05, 0.1) is 6.04 Å². The highest BCUT2D eigenvalue weighted by Gasteiger charge is 2.25. The molecular weight excluding hydrogens is 411 g/mol. The first kappa shape index (κ1) is 24.2. The quantitative estimate of drug-likeness (QED) is 0.466. The van der Waals surface area contributed by atoms with Gasteiger partial charge in [-0.05, 0) is 16.7 Å². The highest BCUT2D eigenvalue weighted by molar-refractivity contribution is 5.85. The summed E-state index contributed by atoms with van der Waals surface area (Å²) in [6.07, 6.45) is 4.51. The second-order valence-corrected chi connectivity index (χ2v) is 7.37. The molecule has 0 amide bonds. The van der Waals surface area contributed by atoms with Crippen LogP contribution in [0.2, 0.25) is 0 Å².